The summed E-state index contributed by atoms with van der Waals surface area (Å²) in [7, 11) is 0. The van der Waals surface area contributed by atoms with Crippen LogP contribution in [0.3, 0.4) is 0 Å². The van der Waals surface area contributed by atoms with Crippen LogP contribution in [0.25, 0.3) is 0 Å². The number of benzene rings is 1. The summed E-state index contributed by atoms with van der Waals surface area (Å²) in [4.78, 5) is 35.1. The molecule has 1 atom stereocenters. The molecule has 0 N–H and O–H groups in total. The Morgan fingerprint density at radius 3 is 2.16 bits per heavy atom. The summed E-state index contributed by atoms with van der Waals surface area (Å²) in [6.07, 6.45) is 4.76. The van der Waals surface area contributed by atoms with E-state index < -0.39 is 18.0 Å². The van der Waals surface area contributed by atoms with Crippen molar-refractivity contribution in [3.63, 3.8) is 0 Å². The maximum atomic E-state index is 12.9. The molecule has 0 aliphatic carbocycles. The highest BCUT2D eigenvalue weighted by atomic mass is 16.5. The molecule has 0 bridgehead atoms. The van der Waals surface area contributed by atoms with Crippen molar-refractivity contribution < 1.29 is 19.1 Å². The number of carbonyl (C=O) groups excluding carboxylic acids is 2. The fourth-order valence-electron chi connectivity index (χ4n) is 4.73. The average molecular weight is 441 g/mol. The SMILES string of the molecule is C=CC=COC(=O)C(CC(=O)OCc1ccccc1)N1CCN2CCN3CCN(CC1)C23. The molecule has 1 aromatic carbocycles. The standard InChI is InChI=1S/C24H32N4O4/c1-2-3-17-31-23(30)21(18-22(29)32-19-20-7-5-4-6-8-20)25-9-11-26-13-15-28-16-14-27(12-10-25)24(26)28/h2-8,17,21,24H,1,9-16,18-19H2. The third-order valence-corrected chi connectivity index (χ3v) is 6.39. The van der Waals surface area contributed by atoms with Crippen molar-refractivity contribution in [3.05, 3.63) is 60.9 Å². The smallest absolute Gasteiger partial charge is 0.328 e. The van der Waals surface area contributed by atoms with Crippen LogP contribution < -0.4 is 0 Å². The van der Waals surface area contributed by atoms with Crippen molar-refractivity contribution >= 4 is 11.9 Å². The van der Waals surface area contributed by atoms with Gasteiger partial charge in [0.2, 0.25) is 0 Å². The average Bonchev–Trinajstić information content (AvgIpc) is 3.37. The van der Waals surface area contributed by atoms with E-state index in [0.717, 1.165) is 44.8 Å². The Bertz CT molecular complexity index is 811. The van der Waals surface area contributed by atoms with Crippen molar-refractivity contribution in [2.24, 2.45) is 0 Å². The molecule has 0 spiro atoms. The number of hydrogen-bond donors (Lipinski definition) is 0. The van der Waals surface area contributed by atoms with Gasteiger partial charge in [-0.3, -0.25) is 24.4 Å². The van der Waals surface area contributed by atoms with Gasteiger partial charge < -0.3 is 9.47 Å². The molecule has 8 nitrogen and oxygen atoms in total. The van der Waals surface area contributed by atoms with Gasteiger partial charge in [0.25, 0.3) is 0 Å². The van der Waals surface area contributed by atoms with E-state index >= 15 is 0 Å². The number of ether oxygens (including phenoxy) is 2. The molecule has 8 heteroatoms. The van der Waals surface area contributed by atoms with Gasteiger partial charge in [-0.25, -0.2) is 4.79 Å². The van der Waals surface area contributed by atoms with E-state index in [1.54, 1.807) is 12.2 Å². The Morgan fingerprint density at radius 1 is 0.969 bits per heavy atom. The van der Waals surface area contributed by atoms with Gasteiger partial charge in [0, 0.05) is 52.4 Å². The van der Waals surface area contributed by atoms with Crippen LogP contribution >= 0.6 is 0 Å². The highest BCUT2D eigenvalue weighted by Crippen LogP contribution is 2.25. The van der Waals surface area contributed by atoms with Gasteiger partial charge >= 0.3 is 11.9 Å². The quantitative estimate of drug-likeness (QED) is 0.340. The van der Waals surface area contributed by atoms with Gasteiger partial charge in [-0.05, 0) is 11.6 Å². The largest absolute Gasteiger partial charge is 0.461 e. The van der Waals surface area contributed by atoms with Gasteiger partial charge in [0.1, 0.15) is 18.9 Å². The number of nitrogens with zero attached hydrogens (tertiary/aromatic N) is 4. The van der Waals surface area contributed by atoms with Crippen LogP contribution in [0.15, 0.2) is 55.3 Å². The third-order valence-electron chi connectivity index (χ3n) is 6.39. The second-order valence-corrected chi connectivity index (χ2v) is 8.36. The Hall–Kier alpha value is -2.52. The maximum Gasteiger partial charge on any atom is 0.328 e. The predicted molar refractivity (Wildman–Crippen MR) is 120 cm³/mol. The fraction of sp³-hybridized carbons (Fsp3) is 0.500. The maximum absolute atomic E-state index is 12.9. The minimum absolute atomic E-state index is 0.0385. The molecule has 0 aromatic heterocycles. The number of carbonyl (C=O) groups is 2. The fourth-order valence-corrected chi connectivity index (χ4v) is 4.73. The number of hydrogen-bond acceptors (Lipinski definition) is 8. The van der Waals surface area contributed by atoms with Crippen LogP contribution in [0.2, 0.25) is 0 Å². The van der Waals surface area contributed by atoms with Crippen LogP contribution in [0, 0.1) is 0 Å². The molecule has 1 aromatic rings. The van der Waals surface area contributed by atoms with Crippen molar-refractivity contribution in [3.8, 4) is 0 Å². The predicted octanol–water partition coefficient (Wildman–Crippen LogP) is 1.26. The zero-order valence-corrected chi connectivity index (χ0v) is 18.5. The van der Waals surface area contributed by atoms with Gasteiger partial charge in [-0.15, -0.1) is 0 Å². The first-order valence-electron chi connectivity index (χ1n) is 11.3. The molecule has 0 radical (unpaired) electrons. The first-order chi connectivity index (χ1) is 15.7. The lowest BCUT2D eigenvalue weighted by Gasteiger charge is -2.39. The van der Waals surface area contributed by atoms with Crippen LogP contribution in [-0.2, 0) is 25.7 Å². The Morgan fingerprint density at radius 2 is 1.56 bits per heavy atom. The highest BCUT2D eigenvalue weighted by Gasteiger charge is 2.43. The monoisotopic (exact) mass is 440 g/mol. The van der Waals surface area contributed by atoms with Gasteiger partial charge in [-0.1, -0.05) is 43.0 Å². The molecule has 3 fully saturated rings. The topological polar surface area (TPSA) is 65.6 Å². The summed E-state index contributed by atoms with van der Waals surface area (Å²) >= 11 is 0. The van der Waals surface area contributed by atoms with Crippen molar-refractivity contribution in [1.82, 2.24) is 19.6 Å². The minimum Gasteiger partial charge on any atom is -0.461 e. The lowest BCUT2D eigenvalue weighted by molar-refractivity contribution is -0.154. The molecule has 3 aliphatic rings. The van der Waals surface area contributed by atoms with Gasteiger partial charge in [-0.2, -0.15) is 0 Å². The molecule has 1 unspecified atom stereocenters. The molecular weight excluding hydrogens is 408 g/mol. The molecule has 3 heterocycles. The minimum atomic E-state index is -0.689. The lowest BCUT2D eigenvalue weighted by Crippen LogP contribution is -2.56. The van der Waals surface area contributed by atoms with E-state index in [-0.39, 0.29) is 13.0 Å². The number of rotatable bonds is 8. The summed E-state index contributed by atoms with van der Waals surface area (Å²) < 4.78 is 10.8. The van der Waals surface area contributed by atoms with Crippen LogP contribution in [0.4, 0.5) is 0 Å². The van der Waals surface area contributed by atoms with Crippen LogP contribution in [0.5, 0.6) is 0 Å². The zero-order chi connectivity index (χ0) is 22.3. The van der Waals surface area contributed by atoms with E-state index in [1.807, 2.05) is 30.3 Å². The van der Waals surface area contributed by atoms with E-state index in [9.17, 15) is 9.59 Å². The lowest BCUT2D eigenvalue weighted by atomic mass is 10.1. The Balaban J connectivity index is 1.42. The second-order valence-electron chi connectivity index (χ2n) is 8.36. The number of esters is 2. The zero-order valence-electron chi connectivity index (χ0n) is 18.5. The molecule has 3 aliphatic heterocycles. The molecule has 4 rings (SSSR count). The molecule has 32 heavy (non-hydrogen) atoms. The first kappa shape index (κ1) is 22.7. The van der Waals surface area contributed by atoms with Gasteiger partial charge in [0.15, 0.2) is 0 Å². The van der Waals surface area contributed by atoms with Crippen LogP contribution in [-0.4, -0.2) is 96.2 Å². The third kappa shape index (κ3) is 5.45. The Labute approximate surface area is 189 Å². The highest BCUT2D eigenvalue weighted by molar-refractivity contribution is 5.83. The molecule has 0 saturated carbocycles. The van der Waals surface area contributed by atoms with Crippen molar-refractivity contribution in [2.75, 3.05) is 52.4 Å². The molecule has 3 saturated heterocycles. The Kier molecular flexibility index (Phi) is 7.70. The summed E-state index contributed by atoms with van der Waals surface area (Å²) in [5, 5.41) is 0. The van der Waals surface area contributed by atoms with Gasteiger partial charge in [0.05, 0.1) is 12.7 Å². The van der Waals surface area contributed by atoms with E-state index in [2.05, 4.69) is 26.2 Å². The van der Waals surface area contributed by atoms with E-state index in [0.29, 0.717) is 19.4 Å². The molecule has 0 amide bonds. The molecule has 172 valence electrons. The normalized spacial score (nSPS) is 21.8. The summed E-state index contributed by atoms with van der Waals surface area (Å²) in [5.74, 6) is -0.849. The number of allylic oxidation sites excluding steroid dienone is 2. The molecular formula is C24H32N4O4. The van der Waals surface area contributed by atoms with Crippen molar-refractivity contribution in [1.29, 1.82) is 0 Å². The second kappa shape index (κ2) is 10.9. The summed E-state index contributed by atoms with van der Waals surface area (Å²) in [6.45, 7) is 11.1. The summed E-state index contributed by atoms with van der Waals surface area (Å²) in [5.41, 5.74) is 0.916. The first-order valence-corrected chi connectivity index (χ1v) is 11.3. The van der Waals surface area contributed by atoms with E-state index in [1.165, 1.54) is 6.26 Å². The van der Waals surface area contributed by atoms with Crippen LogP contribution in [0.1, 0.15) is 12.0 Å². The van der Waals surface area contributed by atoms with E-state index in [4.69, 9.17) is 9.47 Å². The van der Waals surface area contributed by atoms with Crippen molar-refractivity contribution in [2.45, 2.75) is 25.4 Å². The summed E-state index contributed by atoms with van der Waals surface area (Å²) in [6, 6.07) is 8.85.